The number of aliphatic hydroxyl groups excluding tert-OH is 1. The fourth-order valence-corrected chi connectivity index (χ4v) is 2.91. The van der Waals surface area contributed by atoms with Crippen molar-refractivity contribution in [3.8, 4) is 0 Å². The van der Waals surface area contributed by atoms with Crippen LogP contribution in [0.15, 0.2) is 24.3 Å². The van der Waals surface area contributed by atoms with E-state index in [1.165, 1.54) is 44.9 Å². The van der Waals surface area contributed by atoms with Crippen molar-refractivity contribution in [2.75, 3.05) is 11.9 Å². The summed E-state index contributed by atoms with van der Waals surface area (Å²) in [5.41, 5.74) is 7.61. The van der Waals surface area contributed by atoms with E-state index in [4.69, 9.17) is 10.8 Å². The molecule has 1 rings (SSSR count). The van der Waals surface area contributed by atoms with Gasteiger partial charge in [-0.1, -0.05) is 70.4 Å². The first-order valence-corrected chi connectivity index (χ1v) is 9.91. The molecule has 25 heavy (non-hydrogen) atoms. The summed E-state index contributed by atoms with van der Waals surface area (Å²) in [6, 6.07) is 7.46. The third kappa shape index (κ3) is 11.0. The second-order valence-electron chi connectivity index (χ2n) is 6.97. The van der Waals surface area contributed by atoms with E-state index in [9.17, 15) is 4.79 Å². The van der Waals surface area contributed by atoms with E-state index in [-0.39, 0.29) is 18.6 Å². The van der Waals surface area contributed by atoms with Crippen LogP contribution in [0.4, 0.5) is 5.69 Å². The Morgan fingerprint density at radius 1 is 1.00 bits per heavy atom. The van der Waals surface area contributed by atoms with E-state index in [0.717, 1.165) is 24.1 Å². The fourth-order valence-electron chi connectivity index (χ4n) is 2.91. The molecule has 0 saturated heterocycles. The van der Waals surface area contributed by atoms with Crippen LogP contribution >= 0.6 is 0 Å². The first-order chi connectivity index (χ1) is 12.2. The first kappa shape index (κ1) is 21.7. The molecule has 0 radical (unpaired) electrons. The predicted molar refractivity (Wildman–Crippen MR) is 106 cm³/mol. The highest BCUT2D eigenvalue weighted by Crippen LogP contribution is 2.13. The largest absolute Gasteiger partial charge is 0.395 e. The number of anilines is 1. The Bertz CT molecular complexity index is 459. The van der Waals surface area contributed by atoms with Crippen molar-refractivity contribution in [1.29, 1.82) is 0 Å². The van der Waals surface area contributed by atoms with Gasteiger partial charge in [0, 0.05) is 18.2 Å². The maximum atomic E-state index is 12.0. The van der Waals surface area contributed by atoms with Crippen LogP contribution in [0.1, 0.15) is 76.7 Å². The number of carbonyl (C=O) groups excluding carboxylic acids is 1. The number of amides is 1. The van der Waals surface area contributed by atoms with Crippen molar-refractivity contribution in [3.05, 3.63) is 29.8 Å². The van der Waals surface area contributed by atoms with Crippen LogP contribution in [0.25, 0.3) is 0 Å². The zero-order valence-electron chi connectivity index (χ0n) is 15.8. The summed E-state index contributed by atoms with van der Waals surface area (Å²) in [5, 5.41) is 11.9. The van der Waals surface area contributed by atoms with Gasteiger partial charge >= 0.3 is 0 Å². The third-order valence-corrected chi connectivity index (χ3v) is 4.48. The molecule has 0 aliphatic heterocycles. The molecule has 1 unspecified atom stereocenters. The highest BCUT2D eigenvalue weighted by molar-refractivity contribution is 5.90. The molecule has 0 aliphatic carbocycles. The predicted octanol–water partition coefficient (Wildman–Crippen LogP) is 4.41. The molecule has 4 nitrogen and oxygen atoms in total. The summed E-state index contributed by atoms with van der Waals surface area (Å²) in [7, 11) is 0. The number of hydrogen-bond donors (Lipinski definition) is 3. The third-order valence-electron chi connectivity index (χ3n) is 4.48. The molecule has 0 saturated carbocycles. The smallest absolute Gasteiger partial charge is 0.224 e. The van der Waals surface area contributed by atoms with Crippen LogP contribution in [-0.4, -0.2) is 23.7 Å². The number of aliphatic hydroxyl groups is 1. The van der Waals surface area contributed by atoms with E-state index in [1.807, 2.05) is 24.3 Å². The van der Waals surface area contributed by atoms with Gasteiger partial charge in [0.1, 0.15) is 0 Å². The summed E-state index contributed by atoms with van der Waals surface area (Å²) < 4.78 is 0. The molecule has 0 aromatic heterocycles. The van der Waals surface area contributed by atoms with E-state index in [0.29, 0.717) is 12.8 Å². The molecule has 0 fully saturated rings. The second kappa shape index (κ2) is 13.9. The molecule has 0 spiro atoms. The lowest BCUT2D eigenvalue weighted by Crippen LogP contribution is -2.26. The Morgan fingerprint density at radius 2 is 1.56 bits per heavy atom. The molecule has 4 N–H and O–H groups in total. The Balaban J connectivity index is 2.10. The van der Waals surface area contributed by atoms with Gasteiger partial charge in [-0.15, -0.1) is 0 Å². The number of carbonyl (C=O) groups is 1. The lowest BCUT2D eigenvalue weighted by Gasteiger charge is -2.09. The van der Waals surface area contributed by atoms with Crippen molar-refractivity contribution < 1.29 is 9.90 Å². The maximum Gasteiger partial charge on any atom is 0.224 e. The summed E-state index contributed by atoms with van der Waals surface area (Å²) >= 11 is 0. The summed E-state index contributed by atoms with van der Waals surface area (Å²) in [6.45, 7) is 2.23. The number of nitrogens with one attached hydrogen (secondary N) is 1. The van der Waals surface area contributed by atoms with Gasteiger partial charge in [0.2, 0.25) is 5.91 Å². The SMILES string of the molecule is CCCCCCCCCCCC(=O)Nc1ccc(CC(N)CO)cc1. The van der Waals surface area contributed by atoms with Gasteiger partial charge in [0.05, 0.1) is 6.61 Å². The first-order valence-electron chi connectivity index (χ1n) is 9.91. The monoisotopic (exact) mass is 348 g/mol. The number of hydrogen-bond acceptors (Lipinski definition) is 3. The van der Waals surface area contributed by atoms with Gasteiger partial charge in [-0.3, -0.25) is 4.79 Å². The topological polar surface area (TPSA) is 75.4 Å². The van der Waals surface area contributed by atoms with E-state index < -0.39 is 0 Å². The second-order valence-corrected chi connectivity index (χ2v) is 6.97. The Hall–Kier alpha value is -1.39. The maximum absolute atomic E-state index is 12.0. The van der Waals surface area contributed by atoms with Crippen molar-refractivity contribution in [3.63, 3.8) is 0 Å². The van der Waals surface area contributed by atoms with Crippen molar-refractivity contribution >= 4 is 11.6 Å². The van der Waals surface area contributed by atoms with Gasteiger partial charge in [-0.05, 0) is 30.5 Å². The lowest BCUT2D eigenvalue weighted by atomic mass is 10.1. The number of rotatable bonds is 14. The van der Waals surface area contributed by atoms with Gasteiger partial charge in [-0.2, -0.15) is 0 Å². The minimum atomic E-state index is -0.230. The van der Waals surface area contributed by atoms with Crippen LogP contribution in [0.5, 0.6) is 0 Å². The van der Waals surface area contributed by atoms with Crippen molar-refractivity contribution in [2.24, 2.45) is 5.73 Å². The van der Waals surface area contributed by atoms with Gasteiger partial charge < -0.3 is 16.2 Å². The fraction of sp³-hybridized carbons (Fsp3) is 0.667. The molecule has 1 atom stereocenters. The summed E-state index contributed by atoms with van der Waals surface area (Å²) in [4.78, 5) is 12.0. The van der Waals surface area contributed by atoms with Crippen LogP contribution < -0.4 is 11.1 Å². The van der Waals surface area contributed by atoms with E-state index in [2.05, 4.69) is 12.2 Å². The molecule has 0 heterocycles. The van der Waals surface area contributed by atoms with Gasteiger partial charge in [-0.25, -0.2) is 0 Å². The molecule has 1 aromatic rings. The molecular weight excluding hydrogens is 312 g/mol. The molecule has 1 aromatic carbocycles. The molecule has 0 aliphatic rings. The number of unbranched alkanes of at least 4 members (excludes halogenated alkanes) is 8. The van der Waals surface area contributed by atoms with Crippen LogP contribution in [0.3, 0.4) is 0 Å². The van der Waals surface area contributed by atoms with Crippen molar-refractivity contribution in [1.82, 2.24) is 0 Å². The standard InChI is InChI=1S/C21H36N2O2/c1-2-3-4-5-6-7-8-9-10-11-21(25)23-20-14-12-18(13-15-20)16-19(22)17-24/h12-15,19,24H,2-11,16-17,22H2,1H3,(H,23,25). The van der Waals surface area contributed by atoms with Crippen molar-refractivity contribution in [2.45, 2.75) is 83.6 Å². The highest BCUT2D eigenvalue weighted by atomic mass is 16.3. The minimum absolute atomic E-state index is 0.0166. The lowest BCUT2D eigenvalue weighted by molar-refractivity contribution is -0.116. The average molecular weight is 349 g/mol. The van der Waals surface area contributed by atoms with E-state index >= 15 is 0 Å². The van der Waals surface area contributed by atoms with Crippen LogP contribution in [-0.2, 0) is 11.2 Å². The molecule has 1 amide bonds. The quantitative estimate of drug-likeness (QED) is 0.436. The molecule has 0 bridgehead atoms. The minimum Gasteiger partial charge on any atom is -0.395 e. The van der Waals surface area contributed by atoms with Gasteiger partial charge in [0.25, 0.3) is 0 Å². The van der Waals surface area contributed by atoms with E-state index in [1.54, 1.807) is 0 Å². The summed E-state index contributed by atoms with van der Waals surface area (Å²) in [6.07, 6.45) is 12.6. The highest BCUT2D eigenvalue weighted by Gasteiger charge is 2.05. The Labute approximate surface area is 153 Å². The Kier molecular flexibility index (Phi) is 12.0. The zero-order chi connectivity index (χ0) is 18.3. The van der Waals surface area contributed by atoms with Gasteiger partial charge in [0.15, 0.2) is 0 Å². The Morgan fingerprint density at radius 3 is 2.12 bits per heavy atom. The number of benzene rings is 1. The molecular formula is C21H36N2O2. The zero-order valence-corrected chi connectivity index (χ0v) is 15.8. The average Bonchev–Trinajstić information content (AvgIpc) is 2.62. The number of nitrogens with two attached hydrogens (primary N) is 1. The molecule has 4 heteroatoms. The van der Waals surface area contributed by atoms with Crippen LogP contribution in [0.2, 0.25) is 0 Å². The van der Waals surface area contributed by atoms with Crippen LogP contribution in [0, 0.1) is 0 Å². The molecule has 142 valence electrons. The summed E-state index contributed by atoms with van der Waals surface area (Å²) in [5.74, 6) is 0.0859. The normalized spacial score (nSPS) is 12.1.